The van der Waals surface area contributed by atoms with Crippen molar-refractivity contribution < 1.29 is 0 Å². The van der Waals surface area contributed by atoms with Gasteiger partial charge in [-0.05, 0) is 118 Å². The number of hydrogen-bond donors (Lipinski definition) is 0. The van der Waals surface area contributed by atoms with Gasteiger partial charge in [-0.25, -0.2) is 0 Å². The third-order valence-electron chi connectivity index (χ3n) is 11.4. The van der Waals surface area contributed by atoms with Crippen molar-refractivity contribution in [2.45, 2.75) is 0 Å². The van der Waals surface area contributed by atoms with Crippen LogP contribution in [0.3, 0.4) is 0 Å². The highest BCUT2D eigenvalue weighted by Crippen LogP contribution is 2.47. The Bertz CT molecular complexity index is 3380. The van der Waals surface area contributed by atoms with E-state index in [4.69, 9.17) is 0 Å². The molecule has 11 rings (SSSR count). The molecule has 0 N–H and O–H groups in total. The first-order valence-electron chi connectivity index (χ1n) is 18.8. The Labute approximate surface area is 317 Å². The number of para-hydroxylation sites is 1. The highest BCUT2D eigenvalue weighted by molar-refractivity contribution is 6.25. The number of hydrogen-bond acceptors (Lipinski definition) is 1. The number of nitrogens with zero attached hydrogens (tertiary/aromatic N) is 1. The molecule has 256 valence electrons. The predicted octanol–water partition coefficient (Wildman–Crippen LogP) is 13.8. The fourth-order valence-electron chi connectivity index (χ4n) is 8.92. The first kappa shape index (κ1) is 31.3. The second-order valence-electron chi connectivity index (χ2n) is 14.4. The molecule has 0 aliphatic carbocycles. The van der Waals surface area contributed by atoms with Gasteiger partial charge in [0, 0.05) is 16.5 Å². The zero-order valence-electron chi connectivity index (χ0n) is 29.9. The zero-order valence-corrected chi connectivity index (χ0v) is 29.9. The molecule has 0 aliphatic heterocycles. The summed E-state index contributed by atoms with van der Waals surface area (Å²) in [6, 6.07) is 71.1. The molecule has 2 heteroatoms. The van der Waals surface area contributed by atoms with Crippen LogP contribution in [0, 0.1) is 0 Å². The van der Waals surface area contributed by atoms with Crippen molar-refractivity contribution in [2.24, 2.45) is 0 Å². The van der Waals surface area contributed by atoms with Crippen LogP contribution in [0.2, 0.25) is 0 Å². The van der Waals surface area contributed by atoms with Gasteiger partial charge in [0.05, 0.1) is 5.52 Å². The molecule has 0 aliphatic rings. The molecule has 2 nitrogen and oxygen atoms in total. The van der Waals surface area contributed by atoms with Crippen LogP contribution >= 0.6 is 0 Å². The second-order valence-corrected chi connectivity index (χ2v) is 14.4. The number of pyridine rings is 1. The predicted molar refractivity (Wildman–Crippen MR) is 233 cm³/mol. The summed E-state index contributed by atoms with van der Waals surface area (Å²) in [7, 11) is 0. The van der Waals surface area contributed by atoms with Gasteiger partial charge in [-0.2, -0.15) is 0 Å². The normalized spacial score (nSPS) is 11.7. The van der Waals surface area contributed by atoms with Crippen LogP contribution in [0.15, 0.2) is 205 Å². The molecule has 11 aromatic rings. The second kappa shape index (κ2) is 12.4. The van der Waals surface area contributed by atoms with Crippen molar-refractivity contribution in [1.82, 2.24) is 4.57 Å². The summed E-state index contributed by atoms with van der Waals surface area (Å²) in [5.74, 6) is 0. The molecule has 1 heterocycles. The molecule has 0 unspecified atom stereocenters. The lowest BCUT2D eigenvalue weighted by molar-refractivity contribution is 1.06. The summed E-state index contributed by atoms with van der Waals surface area (Å²) >= 11 is 0. The van der Waals surface area contributed by atoms with E-state index in [1.807, 2.05) is 53.1 Å². The molecular formula is C53H33NO. The molecule has 10 aromatic carbocycles. The Morgan fingerprint density at radius 2 is 0.764 bits per heavy atom. The standard InChI is InChI=1S/C53H33NO/c55-53-47-25-11-8-22-41(47)48-32-37(29-31-50(48)54(53)38-18-2-1-3-19-38)36-28-30-46-49(33-36)52(43-27-13-17-35-15-5-7-21-40(35)43)45-24-10-9-23-44(45)51(46)42-26-12-16-34-14-4-6-20-39(34)42/h1-33H. The minimum atomic E-state index is -0.0136. The third kappa shape index (κ3) is 4.85. The van der Waals surface area contributed by atoms with E-state index in [1.165, 1.54) is 65.3 Å². The molecule has 0 saturated heterocycles. The lowest BCUT2D eigenvalue weighted by atomic mass is 9.83. The largest absolute Gasteiger partial charge is 0.276 e. The Kier molecular flexibility index (Phi) is 7.05. The van der Waals surface area contributed by atoms with Gasteiger partial charge in [-0.1, -0.05) is 164 Å². The van der Waals surface area contributed by atoms with Crippen molar-refractivity contribution in [3.8, 4) is 39.1 Å². The van der Waals surface area contributed by atoms with Crippen molar-refractivity contribution in [3.63, 3.8) is 0 Å². The van der Waals surface area contributed by atoms with Crippen LogP contribution in [-0.2, 0) is 0 Å². The Hall–Kier alpha value is -7.29. The summed E-state index contributed by atoms with van der Waals surface area (Å²) < 4.78 is 1.85. The number of aromatic nitrogens is 1. The minimum absolute atomic E-state index is 0.0136. The smallest absolute Gasteiger partial charge is 0.263 e. The number of fused-ring (bicyclic) bond motifs is 7. The van der Waals surface area contributed by atoms with Gasteiger partial charge in [0.1, 0.15) is 0 Å². The molecular weight excluding hydrogens is 667 g/mol. The molecule has 0 spiro atoms. The molecule has 0 radical (unpaired) electrons. The Morgan fingerprint density at radius 3 is 1.40 bits per heavy atom. The quantitative estimate of drug-likeness (QED) is 0.132. The Balaban J connectivity index is 1.25. The van der Waals surface area contributed by atoms with E-state index >= 15 is 0 Å². The van der Waals surface area contributed by atoms with E-state index in [0.717, 1.165) is 33.1 Å². The zero-order chi connectivity index (χ0) is 36.5. The number of rotatable bonds is 4. The average molecular weight is 700 g/mol. The Morgan fingerprint density at radius 1 is 0.309 bits per heavy atom. The van der Waals surface area contributed by atoms with Crippen molar-refractivity contribution >= 4 is 64.8 Å². The van der Waals surface area contributed by atoms with Crippen LogP contribution in [0.4, 0.5) is 0 Å². The molecule has 0 amide bonds. The third-order valence-corrected chi connectivity index (χ3v) is 11.4. The van der Waals surface area contributed by atoms with Gasteiger partial charge in [-0.15, -0.1) is 0 Å². The maximum atomic E-state index is 14.0. The van der Waals surface area contributed by atoms with E-state index < -0.39 is 0 Å². The van der Waals surface area contributed by atoms with Crippen LogP contribution in [-0.4, -0.2) is 4.57 Å². The minimum Gasteiger partial charge on any atom is -0.276 e. The average Bonchev–Trinajstić information content (AvgIpc) is 3.25. The highest BCUT2D eigenvalue weighted by Gasteiger charge is 2.20. The van der Waals surface area contributed by atoms with Gasteiger partial charge >= 0.3 is 0 Å². The molecule has 1 aromatic heterocycles. The molecule has 55 heavy (non-hydrogen) atoms. The van der Waals surface area contributed by atoms with Crippen molar-refractivity contribution in [2.75, 3.05) is 0 Å². The van der Waals surface area contributed by atoms with Crippen molar-refractivity contribution in [3.05, 3.63) is 211 Å². The van der Waals surface area contributed by atoms with E-state index in [9.17, 15) is 4.79 Å². The van der Waals surface area contributed by atoms with Crippen molar-refractivity contribution in [1.29, 1.82) is 0 Å². The lowest BCUT2D eigenvalue weighted by Gasteiger charge is -2.20. The van der Waals surface area contributed by atoms with E-state index in [1.54, 1.807) is 0 Å². The summed E-state index contributed by atoms with van der Waals surface area (Å²) in [5.41, 5.74) is 8.88. The maximum Gasteiger partial charge on any atom is 0.263 e. The van der Waals surface area contributed by atoms with Gasteiger partial charge in [0.25, 0.3) is 5.56 Å². The molecule has 0 saturated carbocycles. The summed E-state index contributed by atoms with van der Waals surface area (Å²) in [6.07, 6.45) is 0. The topological polar surface area (TPSA) is 22.0 Å². The summed E-state index contributed by atoms with van der Waals surface area (Å²) in [4.78, 5) is 14.0. The van der Waals surface area contributed by atoms with Crippen LogP contribution in [0.1, 0.15) is 0 Å². The van der Waals surface area contributed by atoms with Gasteiger partial charge < -0.3 is 0 Å². The van der Waals surface area contributed by atoms with Gasteiger partial charge in [0.2, 0.25) is 0 Å². The van der Waals surface area contributed by atoms with Gasteiger partial charge in [-0.3, -0.25) is 9.36 Å². The summed E-state index contributed by atoms with van der Waals surface area (Å²) in [6.45, 7) is 0. The molecule has 0 fully saturated rings. The van der Waals surface area contributed by atoms with E-state index in [2.05, 4.69) is 152 Å². The molecule has 0 atom stereocenters. The van der Waals surface area contributed by atoms with E-state index in [0.29, 0.717) is 5.39 Å². The lowest BCUT2D eigenvalue weighted by Crippen LogP contribution is -2.19. The maximum absolute atomic E-state index is 14.0. The fraction of sp³-hybridized carbons (Fsp3) is 0. The van der Waals surface area contributed by atoms with Crippen LogP contribution < -0.4 is 5.56 Å². The fourth-order valence-corrected chi connectivity index (χ4v) is 8.92. The first-order chi connectivity index (χ1) is 27.2. The first-order valence-corrected chi connectivity index (χ1v) is 18.8. The van der Waals surface area contributed by atoms with Gasteiger partial charge in [0.15, 0.2) is 0 Å². The SMILES string of the molecule is O=c1c2ccccc2c2cc(-c3ccc4c(-c5cccc6ccccc56)c5ccccc5c(-c5cccc6ccccc56)c4c3)ccc2n1-c1ccccc1. The molecule has 0 bridgehead atoms. The monoisotopic (exact) mass is 699 g/mol. The number of benzene rings is 10. The highest BCUT2D eigenvalue weighted by atomic mass is 16.1. The summed E-state index contributed by atoms with van der Waals surface area (Å²) in [5, 5.41) is 12.5. The van der Waals surface area contributed by atoms with Crippen LogP contribution in [0.25, 0.3) is 104 Å². The van der Waals surface area contributed by atoms with Crippen LogP contribution in [0.5, 0.6) is 0 Å². The van der Waals surface area contributed by atoms with E-state index in [-0.39, 0.29) is 5.56 Å².